The van der Waals surface area contributed by atoms with Crippen molar-refractivity contribution in [2.45, 2.75) is 13.1 Å². The van der Waals surface area contributed by atoms with Crippen molar-refractivity contribution < 1.29 is 31.5 Å². The molecule has 14 heteroatoms. The van der Waals surface area contributed by atoms with Gasteiger partial charge in [0.15, 0.2) is 11.5 Å². The third-order valence-corrected chi connectivity index (χ3v) is 4.28. The smallest absolute Gasteiger partial charge is 0.380 e. The van der Waals surface area contributed by atoms with Gasteiger partial charge in [-0.1, -0.05) is 0 Å². The van der Waals surface area contributed by atoms with E-state index in [0.717, 1.165) is 23.0 Å². The fraction of sp³-hybridized carbons (Fsp3) is 0.300. The standard InChI is InChI=1S/C20H20F5N7O2/c1-3-34-5-4-26-19(28-18(33)14-10-32(2)31-17(14)20(23,24)25)27-16-9-15(29-30-16)11-6-12(21)8-13(22)7-11/h6-10H,3-5H2,1-2H3,(H3,26,27,28,29,30,33). The molecule has 3 aromatic rings. The van der Waals surface area contributed by atoms with Gasteiger partial charge in [0.25, 0.3) is 5.91 Å². The van der Waals surface area contributed by atoms with Crippen molar-refractivity contribution in [3.05, 3.63) is 53.4 Å². The molecule has 1 aromatic carbocycles. The maximum absolute atomic E-state index is 13.5. The number of anilines is 1. The van der Waals surface area contributed by atoms with Gasteiger partial charge in [0.2, 0.25) is 5.96 Å². The van der Waals surface area contributed by atoms with Gasteiger partial charge in [0.05, 0.1) is 24.4 Å². The number of amides is 1. The summed E-state index contributed by atoms with van der Waals surface area (Å²) in [5, 5.41) is 14.7. The molecular formula is C20H20F5N7O2. The van der Waals surface area contributed by atoms with Crippen LogP contribution in [0.15, 0.2) is 35.5 Å². The molecule has 182 valence electrons. The van der Waals surface area contributed by atoms with Gasteiger partial charge in [-0.05, 0) is 19.1 Å². The number of hydrogen-bond acceptors (Lipinski definition) is 5. The number of nitrogens with zero attached hydrogens (tertiary/aromatic N) is 4. The Bertz CT molecular complexity index is 1170. The van der Waals surface area contributed by atoms with Crippen molar-refractivity contribution >= 4 is 17.7 Å². The monoisotopic (exact) mass is 485 g/mol. The van der Waals surface area contributed by atoms with Gasteiger partial charge in [-0.15, -0.1) is 0 Å². The van der Waals surface area contributed by atoms with Gasteiger partial charge in [-0.2, -0.15) is 23.4 Å². The molecule has 0 unspecified atom stereocenters. The number of aliphatic imine (C=N–C) groups is 1. The van der Waals surface area contributed by atoms with E-state index in [9.17, 15) is 26.7 Å². The van der Waals surface area contributed by atoms with Crippen molar-refractivity contribution in [3.63, 3.8) is 0 Å². The summed E-state index contributed by atoms with van der Waals surface area (Å²) >= 11 is 0. The number of rotatable bonds is 7. The summed E-state index contributed by atoms with van der Waals surface area (Å²) in [4.78, 5) is 16.7. The number of alkyl halides is 3. The Labute approximate surface area is 190 Å². The van der Waals surface area contributed by atoms with Crippen LogP contribution in [-0.2, 0) is 18.0 Å². The van der Waals surface area contributed by atoms with E-state index in [1.165, 1.54) is 13.1 Å². The molecule has 0 atom stereocenters. The summed E-state index contributed by atoms with van der Waals surface area (Å²) in [5.41, 5.74) is -1.64. The number of nitrogens with one attached hydrogen (secondary N) is 3. The molecule has 9 nitrogen and oxygen atoms in total. The van der Waals surface area contributed by atoms with Crippen LogP contribution < -0.4 is 10.6 Å². The van der Waals surface area contributed by atoms with Gasteiger partial charge in [0, 0.05) is 37.5 Å². The Hall–Kier alpha value is -3.81. The topological polar surface area (TPSA) is 109 Å². The molecule has 0 saturated carbocycles. The maximum atomic E-state index is 13.5. The number of aromatic nitrogens is 4. The molecule has 0 radical (unpaired) electrons. The van der Waals surface area contributed by atoms with Gasteiger partial charge >= 0.3 is 6.18 Å². The minimum atomic E-state index is -4.84. The summed E-state index contributed by atoms with van der Waals surface area (Å²) in [5.74, 6) is -2.82. The van der Waals surface area contributed by atoms with Gasteiger partial charge in [-0.25, -0.2) is 8.78 Å². The Morgan fingerprint density at radius 2 is 1.91 bits per heavy atom. The van der Waals surface area contributed by atoms with E-state index >= 15 is 0 Å². The Kier molecular flexibility index (Phi) is 7.61. The average Bonchev–Trinajstić information content (AvgIpc) is 3.37. The molecule has 34 heavy (non-hydrogen) atoms. The molecule has 0 aliphatic carbocycles. The van der Waals surface area contributed by atoms with E-state index in [1.807, 2.05) is 0 Å². The predicted octanol–water partition coefficient (Wildman–Crippen LogP) is 3.34. The second-order valence-electron chi connectivity index (χ2n) is 6.89. The second-order valence-corrected chi connectivity index (χ2v) is 6.89. The average molecular weight is 485 g/mol. The van der Waals surface area contributed by atoms with Gasteiger partial charge in [0.1, 0.15) is 11.6 Å². The summed E-state index contributed by atoms with van der Waals surface area (Å²) in [6.45, 7) is 2.45. The number of ether oxygens (including phenoxy) is 1. The van der Waals surface area contributed by atoms with E-state index in [1.54, 1.807) is 6.92 Å². The van der Waals surface area contributed by atoms with E-state index in [-0.39, 0.29) is 36.2 Å². The van der Waals surface area contributed by atoms with Crippen LogP contribution in [0.4, 0.5) is 27.8 Å². The largest absolute Gasteiger partial charge is 0.435 e. The molecular weight excluding hydrogens is 465 g/mol. The number of halogens is 5. The van der Waals surface area contributed by atoms with Crippen molar-refractivity contribution in [1.82, 2.24) is 25.3 Å². The minimum Gasteiger partial charge on any atom is -0.380 e. The zero-order valence-corrected chi connectivity index (χ0v) is 18.0. The van der Waals surface area contributed by atoms with Crippen LogP contribution in [0.1, 0.15) is 23.0 Å². The van der Waals surface area contributed by atoms with Gasteiger partial charge < -0.3 is 10.1 Å². The molecule has 2 aromatic heterocycles. The molecule has 1 amide bonds. The highest BCUT2D eigenvalue weighted by molar-refractivity contribution is 6.10. The Morgan fingerprint density at radius 3 is 2.56 bits per heavy atom. The fourth-order valence-corrected chi connectivity index (χ4v) is 2.88. The number of guanidine groups is 1. The summed E-state index contributed by atoms with van der Waals surface area (Å²) in [7, 11) is 1.25. The highest BCUT2D eigenvalue weighted by Crippen LogP contribution is 2.30. The second kappa shape index (κ2) is 10.4. The molecule has 0 fully saturated rings. The zero-order valence-electron chi connectivity index (χ0n) is 18.0. The highest BCUT2D eigenvalue weighted by Gasteiger charge is 2.39. The molecule has 0 spiro atoms. The lowest BCUT2D eigenvalue weighted by Gasteiger charge is -2.11. The summed E-state index contributed by atoms with van der Waals surface area (Å²) in [6.07, 6.45) is -3.91. The lowest BCUT2D eigenvalue weighted by Crippen LogP contribution is -2.37. The predicted molar refractivity (Wildman–Crippen MR) is 112 cm³/mol. The highest BCUT2D eigenvalue weighted by atomic mass is 19.4. The van der Waals surface area contributed by atoms with Crippen LogP contribution in [0, 0.1) is 11.6 Å². The molecule has 3 rings (SSSR count). The molecule has 0 aliphatic rings. The third kappa shape index (κ3) is 6.37. The fourth-order valence-electron chi connectivity index (χ4n) is 2.88. The first-order chi connectivity index (χ1) is 16.1. The first-order valence-corrected chi connectivity index (χ1v) is 9.90. The zero-order chi connectivity index (χ0) is 24.9. The molecule has 2 heterocycles. The van der Waals surface area contributed by atoms with Crippen LogP contribution in [-0.4, -0.2) is 51.6 Å². The van der Waals surface area contributed by atoms with Crippen molar-refractivity contribution in [1.29, 1.82) is 0 Å². The number of aromatic amines is 1. The normalized spacial score (nSPS) is 12.1. The summed E-state index contributed by atoms with van der Waals surface area (Å²) < 4.78 is 72.7. The van der Waals surface area contributed by atoms with E-state index < -0.39 is 35.0 Å². The van der Waals surface area contributed by atoms with Crippen LogP contribution in [0.25, 0.3) is 11.3 Å². The summed E-state index contributed by atoms with van der Waals surface area (Å²) in [6, 6.07) is 4.26. The Balaban J connectivity index is 1.82. The van der Waals surface area contributed by atoms with E-state index in [4.69, 9.17) is 4.74 Å². The van der Waals surface area contributed by atoms with Crippen LogP contribution in [0.5, 0.6) is 0 Å². The number of aryl methyl sites for hydroxylation is 1. The lowest BCUT2D eigenvalue weighted by atomic mass is 10.1. The number of H-pyrrole nitrogens is 1. The first kappa shape index (κ1) is 24.8. The molecule has 0 saturated heterocycles. The number of carbonyl (C=O) groups is 1. The van der Waals surface area contributed by atoms with Crippen LogP contribution in [0.2, 0.25) is 0 Å². The number of hydrogen-bond donors (Lipinski definition) is 3. The van der Waals surface area contributed by atoms with Crippen molar-refractivity contribution in [3.8, 4) is 11.3 Å². The van der Waals surface area contributed by atoms with Crippen molar-refractivity contribution in [2.24, 2.45) is 12.0 Å². The third-order valence-electron chi connectivity index (χ3n) is 4.28. The lowest BCUT2D eigenvalue weighted by molar-refractivity contribution is -0.141. The molecule has 0 bridgehead atoms. The number of carbonyl (C=O) groups excluding carboxylic acids is 1. The van der Waals surface area contributed by atoms with Crippen LogP contribution >= 0.6 is 0 Å². The molecule has 0 aliphatic heterocycles. The SMILES string of the molecule is CCOCCN=C(NC(=O)c1cn(C)nc1C(F)(F)F)Nc1cc(-c2cc(F)cc(F)c2)[nH]n1. The first-order valence-electron chi connectivity index (χ1n) is 9.90. The maximum Gasteiger partial charge on any atom is 0.435 e. The van der Waals surface area contributed by atoms with E-state index in [2.05, 4.69) is 30.9 Å². The Morgan fingerprint density at radius 1 is 1.21 bits per heavy atom. The minimum absolute atomic E-state index is 0.0714. The number of benzene rings is 1. The van der Waals surface area contributed by atoms with Gasteiger partial charge in [-0.3, -0.25) is 24.9 Å². The van der Waals surface area contributed by atoms with E-state index in [0.29, 0.717) is 12.7 Å². The van der Waals surface area contributed by atoms with Crippen molar-refractivity contribution in [2.75, 3.05) is 25.1 Å². The quantitative estimate of drug-likeness (QED) is 0.206. The van der Waals surface area contributed by atoms with Crippen LogP contribution in [0.3, 0.4) is 0 Å². The molecule has 3 N–H and O–H groups in total.